The van der Waals surface area contributed by atoms with Crippen molar-refractivity contribution in [1.29, 1.82) is 0 Å². The van der Waals surface area contributed by atoms with Crippen LogP contribution < -0.4 is 0 Å². The van der Waals surface area contributed by atoms with Crippen molar-refractivity contribution in [3.05, 3.63) is 35.8 Å². The van der Waals surface area contributed by atoms with Gasteiger partial charge in [-0.3, -0.25) is 0 Å². The van der Waals surface area contributed by atoms with Gasteiger partial charge in [0.25, 0.3) is 0 Å². The van der Waals surface area contributed by atoms with Crippen LogP contribution in [-0.2, 0) is 17.9 Å². The number of fused-ring (bicyclic) bond motifs is 1. The number of halogens is 1. The van der Waals surface area contributed by atoms with Crippen LogP contribution in [0.5, 0.6) is 0 Å². The molecule has 0 spiro atoms. The monoisotopic (exact) mass is 221 g/mol. The first kappa shape index (κ1) is 11.1. The average Bonchev–Trinajstić information content (AvgIpc) is 2.63. The molecule has 0 saturated carbocycles. The predicted octanol–water partition coefficient (Wildman–Crippen LogP) is 3.34. The van der Waals surface area contributed by atoms with E-state index < -0.39 is 0 Å². The molecule has 1 aromatic heterocycles. The van der Waals surface area contributed by atoms with Crippen molar-refractivity contribution in [2.45, 2.75) is 27.0 Å². The second-order valence-electron chi connectivity index (χ2n) is 3.72. The summed E-state index contributed by atoms with van der Waals surface area (Å²) in [4.78, 5) is 0. The van der Waals surface area contributed by atoms with Gasteiger partial charge in [-0.15, -0.1) is 0 Å². The molecule has 0 saturated heterocycles. The van der Waals surface area contributed by atoms with E-state index in [9.17, 15) is 4.39 Å². The van der Waals surface area contributed by atoms with E-state index in [2.05, 4.69) is 17.6 Å². The maximum atomic E-state index is 13.2. The number of rotatable bonds is 4. The van der Waals surface area contributed by atoms with E-state index in [4.69, 9.17) is 4.74 Å². The normalized spacial score (nSPS) is 11.2. The lowest BCUT2D eigenvalue weighted by Gasteiger charge is -2.07. The summed E-state index contributed by atoms with van der Waals surface area (Å²) in [5.41, 5.74) is 2.04. The molecule has 1 heterocycles. The topological polar surface area (TPSA) is 14.2 Å². The van der Waals surface area contributed by atoms with Gasteiger partial charge < -0.3 is 9.30 Å². The van der Waals surface area contributed by atoms with Gasteiger partial charge in [0.15, 0.2) is 0 Å². The van der Waals surface area contributed by atoms with E-state index in [1.54, 1.807) is 6.07 Å². The maximum Gasteiger partial charge on any atom is 0.125 e. The molecule has 3 heteroatoms. The number of nitrogens with zero attached hydrogens (tertiary/aromatic N) is 1. The third-order valence-electron chi connectivity index (χ3n) is 2.72. The molecule has 0 fully saturated rings. The molecule has 86 valence electrons. The van der Waals surface area contributed by atoms with E-state index in [1.165, 1.54) is 6.07 Å². The first-order valence-electron chi connectivity index (χ1n) is 5.61. The molecule has 2 rings (SSSR count). The summed E-state index contributed by atoms with van der Waals surface area (Å²) in [6.45, 7) is 6.13. The summed E-state index contributed by atoms with van der Waals surface area (Å²) in [5, 5.41) is 1.07. The summed E-state index contributed by atoms with van der Waals surface area (Å²) in [7, 11) is 0. The van der Waals surface area contributed by atoms with Crippen molar-refractivity contribution in [3.8, 4) is 0 Å². The molecule has 0 aliphatic heterocycles. The minimum absolute atomic E-state index is 0.191. The summed E-state index contributed by atoms with van der Waals surface area (Å²) >= 11 is 0. The Labute approximate surface area is 94.6 Å². The minimum Gasteiger partial charge on any atom is -0.376 e. The zero-order chi connectivity index (χ0) is 11.5. The van der Waals surface area contributed by atoms with Gasteiger partial charge in [-0.05, 0) is 38.1 Å². The number of hydrogen-bond donors (Lipinski definition) is 0. The van der Waals surface area contributed by atoms with E-state index in [-0.39, 0.29) is 5.82 Å². The zero-order valence-electron chi connectivity index (χ0n) is 9.66. The largest absolute Gasteiger partial charge is 0.376 e. The average molecular weight is 221 g/mol. The Morgan fingerprint density at radius 1 is 1.25 bits per heavy atom. The number of benzene rings is 1. The van der Waals surface area contributed by atoms with Gasteiger partial charge in [0.1, 0.15) is 5.82 Å². The van der Waals surface area contributed by atoms with E-state index in [0.717, 1.165) is 23.1 Å². The Morgan fingerprint density at radius 3 is 2.75 bits per heavy atom. The molecule has 0 atom stereocenters. The van der Waals surface area contributed by atoms with E-state index in [1.807, 2.05) is 13.0 Å². The second kappa shape index (κ2) is 4.66. The Hall–Kier alpha value is -1.35. The van der Waals surface area contributed by atoms with Crippen molar-refractivity contribution in [3.63, 3.8) is 0 Å². The van der Waals surface area contributed by atoms with Crippen molar-refractivity contribution in [2.75, 3.05) is 6.61 Å². The SMILES string of the molecule is CCOCc1cc2ccc(F)cc2n1CC. The van der Waals surface area contributed by atoms with Gasteiger partial charge in [-0.2, -0.15) is 0 Å². The molecular formula is C13H16FNO. The highest BCUT2D eigenvalue weighted by atomic mass is 19.1. The summed E-state index contributed by atoms with van der Waals surface area (Å²) in [5.74, 6) is -0.191. The van der Waals surface area contributed by atoms with Crippen LogP contribution in [0.25, 0.3) is 10.9 Å². The zero-order valence-corrected chi connectivity index (χ0v) is 9.66. The predicted molar refractivity (Wildman–Crippen MR) is 62.9 cm³/mol. The lowest BCUT2D eigenvalue weighted by Crippen LogP contribution is -2.02. The first-order chi connectivity index (χ1) is 7.76. The minimum atomic E-state index is -0.191. The van der Waals surface area contributed by atoms with Gasteiger partial charge in [0, 0.05) is 24.2 Å². The summed E-state index contributed by atoms with van der Waals surface area (Å²) in [6.07, 6.45) is 0. The number of aromatic nitrogens is 1. The third kappa shape index (κ3) is 1.95. The van der Waals surface area contributed by atoms with Crippen LogP contribution in [-0.4, -0.2) is 11.2 Å². The molecule has 2 aromatic rings. The van der Waals surface area contributed by atoms with Crippen molar-refractivity contribution < 1.29 is 9.13 Å². The number of aryl methyl sites for hydroxylation is 1. The van der Waals surface area contributed by atoms with Crippen LogP contribution in [0.15, 0.2) is 24.3 Å². The fraction of sp³-hybridized carbons (Fsp3) is 0.385. The quantitative estimate of drug-likeness (QED) is 0.772. The van der Waals surface area contributed by atoms with Crippen molar-refractivity contribution in [2.24, 2.45) is 0 Å². The molecule has 0 bridgehead atoms. The van der Waals surface area contributed by atoms with E-state index in [0.29, 0.717) is 13.2 Å². The van der Waals surface area contributed by atoms with Crippen LogP contribution >= 0.6 is 0 Å². The molecule has 0 amide bonds. The Kier molecular flexibility index (Phi) is 3.25. The Morgan fingerprint density at radius 2 is 2.06 bits per heavy atom. The highest BCUT2D eigenvalue weighted by Gasteiger charge is 2.08. The van der Waals surface area contributed by atoms with Crippen LogP contribution in [0.2, 0.25) is 0 Å². The van der Waals surface area contributed by atoms with Crippen molar-refractivity contribution >= 4 is 10.9 Å². The van der Waals surface area contributed by atoms with Crippen LogP contribution in [0.3, 0.4) is 0 Å². The van der Waals surface area contributed by atoms with Crippen LogP contribution in [0, 0.1) is 5.82 Å². The molecule has 1 aromatic carbocycles. The van der Waals surface area contributed by atoms with Gasteiger partial charge in [0.05, 0.1) is 12.1 Å². The Bertz CT molecular complexity index is 490. The van der Waals surface area contributed by atoms with E-state index >= 15 is 0 Å². The molecule has 0 radical (unpaired) electrons. The maximum absolute atomic E-state index is 13.2. The smallest absolute Gasteiger partial charge is 0.125 e. The number of ether oxygens (including phenoxy) is 1. The molecule has 0 aliphatic carbocycles. The summed E-state index contributed by atoms with van der Waals surface area (Å²) < 4.78 is 20.7. The highest BCUT2D eigenvalue weighted by molar-refractivity contribution is 5.81. The molecule has 0 unspecified atom stereocenters. The second-order valence-corrected chi connectivity index (χ2v) is 3.72. The fourth-order valence-electron chi connectivity index (χ4n) is 1.98. The van der Waals surface area contributed by atoms with Gasteiger partial charge >= 0.3 is 0 Å². The van der Waals surface area contributed by atoms with Gasteiger partial charge in [-0.25, -0.2) is 4.39 Å². The lowest BCUT2D eigenvalue weighted by molar-refractivity contribution is 0.129. The standard InChI is InChI=1S/C13H16FNO/c1-3-15-12(9-16-4-2)7-10-5-6-11(14)8-13(10)15/h5-8H,3-4,9H2,1-2H3. The molecule has 16 heavy (non-hydrogen) atoms. The highest BCUT2D eigenvalue weighted by Crippen LogP contribution is 2.21. The van der Waals surface area contributed by atoms with Crippen LogP contribution in [0.4, 0.5) is 4.39 Å². The third-order valence-corrected chi connectivity index (χ3v) is 2.72. The number of hydrogen-bond acceptors (Lipinski definition) is 1. The van der Waals surface area contributed by atoms with Gasteiger partial charge in [-0.1, -0.05) is 0 Å². The molecule has 2 nitrogen and oxygen atoms in total. The first-order valence-corrected chi connectivity index (χ1v) is 5.61. The Balaban J connectivity index is 2.49. The van der Waals surface area contributed by atoms with Gasteiger partial charge in [0.2, 0.25) is 0 Å². The van der Waals surface area contributed by atoms with Crippen LogP contribution in [0.1, 0.15) is 19.5 Å². The lowest BCUT2D eigenvalue weighted by atomic mass is 10.2. The molecule has 0 N–H and O–H groups in total. The molecular weight excluding hydrogens is 205 g/mol. The molecule has 0 aliphatic rings. The fourth-order valence-corrected chi connectivity index (χ4v) is 1.98. The van der Waals surface area contributed by atoms with Crippen molar-refractivity contribution in [1.82, 2.24) is 4.57 Å². The summed E-state index contributed by atoms with van der Waals surface area (Å²) in [6, 6.07) is 6.95.